The maximum Gasteiger partial charge on any atom is 0.228 e. The molecule has 8 heteroatoms. The third-order valence-electron chi connectivity index (χ3n) is 6.97. The Morgan fingerprint density at radius 3 is 2.30 bits per heavy atom. The van der Waals surface area contributed by atoms with Crippen LogP contribution in [0, 0.1) is 17.6 Å². The first-order valence-electron chi connectivity index (χ1n) is 12.4. The SMILES string of the molecule is Nc1c2c(-c3cccc(F)c3)nc(N3CCC(Cc4ccccc4)CC3)nc2nn1-c1cccc(F)c1. The fourth-order valence-corrected chi connectivity index (χ4v) is 5.08. The minimum Gasteiger partial charge on any atom is -0.383 e. The van der Waals surface area contributed by atoms with Gasteiger partial charge in [-0.05, 0) is 61.1 Å². The molecule has 6 nitrogen and oxygen atoms in total. The molecule has 0 amide bonds. The first kappa shape index (κ1) is 23.1. The van der Waals surface area contributed by atoms with Crippen LogP contribution < -0.4 is 10.6 Å². The third kappa shape index (κ3) is 4.62. The van der Waals surface area contributed by atoms with E-state index in [-0.39, 0.29) is 11.6 Å². The zero-order chi connectivity index (χ0) is 25.4. The molecule has 1 aliphatic heterocycles. The van der Waals surface area contributed by atoms with E-state index in [1.165, 1.54) is 34.5 Å². The highest BCUT2D eigenvalue weighted by Crippen LogP contribution is 2.34. The second-order valence-electron chi connectivity index (χ2n) is 9.48. The van der Waals surface area contributed by atoms with Crippen LogP contribution in [0.1, 0.15) is 18.4 Å². The molecule has 1 saturated heterocycles. The van der Waals surface area contributed by atoms with Crippen LogP contribution in [0.3, 0.4) is 0 Å². The van der Waals surface area contributed by atoms with Gasteiger partial charge < -0.3 is 10.6 Å². The molecule has 0 unspecified atom stereocenters. The zero-order valence-electron chi connectivity index (χ0n) is 20.2. The van der Waals surface area contributed by atoms with E-state index in [1.54, 1.807) is 24.3 Å². The number of anilines is 2. The van der Waals surface area contributed by atoms with Crippen molar-refractivity contribution in [1.29, 1.82) is 0 Å². The Morgan fingerprint density at radius 2 is 1.57 bits per heavy atom. The van der Waals surface area contributed by atoms with Gasteiger partial charge in [0.2, 0.25) is 5.95 Å². The zero-order valence-corrected chi connectivity index (χ0v) is 20.2. The van der Waals surface area contributed by atoms with Gasteiger partial charge in [0, 0.05) is 18.7 Å². The molecule has 0 atom stereocenters. The number of nitrogens with zero attached hydrogens (tertiary/aromatic N) is 5. The third-order valence-corrected chi connectivity index (χ3v) is 6.97. The van der Waals surface area contributed by atoms with Crippen molar-refractivity contribution in [3.63, 3.8) is 0 Å². The molecule has 37 heavy (non-hydrogen) atoms. The van der Waals surface area contributed by atoms with Crippen LogP contribution in [-0.2, 0) is 6.42 Å². The number of nitrogen functional groups attached to an aromatic ring is 1. The van der Waals surface area contributed by atoms with Crippen LogP contribution in [0.5, 0.6) is 0 Å². The average Bonchev–Trinajstić information content (AvgIpc) is 3.25. The summed E-state index contributed by atoms with van der Waals surface area (Å²) in [5.41, 5.74) is 9.81. The first-order valence-corrected chi connectivity index (χ1v) is 12.4. The molecule has 6 rings (SSSR count). The lowest BCUT2D eigenvalue weighted by Crippen LogP contribution is -2.35. The summed E-state index contributed by atoms with van der Waals surface area (Å²) >= 11 is 0. The number of hydrogen-bond donors (Lipinski definition) is 1. The topological polar surface area (TPSA) is 72.9 Å². The molecule has 3 aromatic carbocycles. The number of aromatic nitrogens is 4. The molecule has 2 N–H and O–H groups in total. The van der Waals surface area contributed by atoms with Gasteiger partial charge in [-0.25, -0.2) is 18.4 Å². The van der Waals surface area contributed by atoms with E-state index in [2.05, 4.69) is 34.3 Å². The smallest absolute Gasteiger partial charge is 0.228 e. The molecule has 3 heterocycles. The standard InChI is InChI=1S/C29H26F2N6/c30-22-9-4-8-21(17-22)26-25-27(32)37(24-11-5-10-23(31)18-24)35-28(25)34-29(33-26)36-14-12-20(13-15-36)16-19-6-2-1-3-7-19/h1-11,17-18,20H,12-16,32H2. The van der Waals surface area contributed by atoms with Crippen LogP contribution in [0.25, 0.3) is 28.0 Å². The van der Waals surface area contributed by atoms with Gasteiger partial charge in [-0.3, -0.25) is 0 Å². The number of halogens is 2. The lowest BCUT2D eigenvalue weighted by molar-refractivity contribution is 0.401. The second-order valence-corrected chi connectivity index (χ2v) is 9.48. The van der Waals surface area contributed by atoms with Crippen molar-refractivity contribution in [2.45, 2.75) is 19.3 Å². The molecular weight excluding hydrogens is 470 g/mol. The van der Waals surface area contributed by atoms with Gasteiger partial charge in [0.1, 0.15) is 17.5 Å². The van der Waals surface area contributed by atoms with Crippen molar-refractivity contribution < 1.29 is 8.78 Å². The molecule has 1 aliphatic rings. The average molecular weight is 497 g/mol. The van der Waals surface area contributed by atoms with E-state index in [1.807, 2.05) is 6.07 Å². The van der Waals surface area contributed by atoms with E-state index >= 15 is 0 Å². The van der Waals surface area contributed by atoms with E-state index < -0.39 is 5.82 Å². The van der Waals surface area contributed by atoms with Crippen molar-refractivity contribution in [1.82, 2.24) is 19.7 Å². The number of piperidine rings is 1. The fourth-order valence-electron chi connectivity index (χ4n) is 5.08. The van der Waals surface area contributed by atoms with Crippen molar-refractivity contribution >= 4 is 22.8 Å². The summed E-state index contributed by atoms with van der Waals surface area (Å²) in [5, 5.41) is 5.12. The minimum atomic E-state index is -0.396. The molecule has 0 radical (unpaired) electrons. The van der Waals surface area contributed by atoms with Gasteiger partial charge in [0.05, 0.1) is 16.8 Å². The molecule has 1 fully saturated rings. The Balaban J connectivity index is 1.38. The highest BCUT2D eigenvalue weighted by atomic mass is 19.1. The fraction of sp³-hybridized carbons (Fsp3) is 0.207. The predicted molar refractivity (Wildman–Crippen MR) is 142 cm³/mol. The number of nitrogens with two attached hydrogens (primary N) is 1. The number of hydrogen-bond acceptors (Lipinski definition) is 5. The molecule has 0 spiro atoms. The van der Waals surface area contributed by atoms with Gasteiger partial charge in [-0.2, -0.15) is 4.98 Å². The van der Waals surface area contributed by atoms with Crippen LogP contribution in [0.15, 0.2) is 78.9 Å². The quantitative estimate of drug-likeness (QED) is 0.333. The van der Waals surface area contributed by atoms with E-state index in [0.29, 0.717) is 39.8 Å². The van der Waals surface area contributed by atoms with Crippen molar-refractivity contribution in [3.8, 4) is 16.9 Å². The lowest BCUT2D eigenvalue weighted by Gasteiger charge is -2.32. The Labute approximate surface area is 213 Å². The number of rotatable bonds is 5. The summed E-state index contributed by atoms with van der Waals surface area (Å²) in [5.74, 6) is 0.630. The summed E-state index contributed by atoms with van der Waals surface area (Å²) in [6.07, 6.45) is 3.09. The monoisotopic (exact) mass is 496 g/mol. The van der Waals surface area contributed by atoms with Gasteiger partial charge in [0.25, 0.3) is 0 Å². The minimum absolute atomic E-state index is 0.271. The lowest BCUT2D eigenvalue weighted by atomic mass is 9.90. The molecule has 0 bridgehead atoms. The van der Waals surface area contributed by atoms with Gasteiger partial charge in [0.15, 0.2) is 5.65 Å². The van der Waals surface area contributed by atoms with Crippen LogP contribution >= 0.6 is 0 Å². The van der Waals surface area contributed by atoms with Gasteiger partial charge in [-0.1, -0.05) is 48.5 Å². The largest absolute Gasteiger partial charge is 0.383 e. The summed E-state index contributed by atoms with van der Waals surface area (Å²) in [6, 6.07) is 22.8. The molecule has 0 aliphatic carbocycles. The molecule has 0 saturated carbocycles. The van der Waals surface area contributed by atoms with E-state index in [0.717, 1.165) is 32.4 Å². The highest BCUT2D eigenvalue weighted by Gasteiger charge is 2.25. The second kappa shape index (κ2) is 9.61. The van der Waals surface area contributed by atoms with E-state index in [9.17, 15) is 8.78 Å². The van der Waals surface area contributed by atoms with Crippen LogP contribution in [0.2, 0.25) is 0 Å². The first-order chi connectivity index (χ1) is 18.0. The molecule has 2 aromatic heterocycles. The Bertz CT molecular complexity index is 1560. The van der Waals surface area contributed by atoms with Crippen molar-refractivity contribution in [3.05, 3.63) is 96.1 Å². The van der Waals surface area contributed by atoms with Crippen molar-refractivity contribution in [2.24, 2.45) is 5.92 Å². The van der Waals surface area contributed by atoms with Gasteiger partial charge in [-0.15, -0.1) is 5.10 Å². The normalized spacial score (nSPS) is 14.4. The van der Waals surface area contributed by atoms with Crippen LogP contribution in [-0.4, -0.2) is 32.8 Å². The van der Waals surface area contributed by atoms with Gasteiger partial charge >= 0.3 is 0 Å². The Kier molecular flexibility index (Phi) is 6.00. The molecule has 5 aromatic rings. The maximum absolute atomic E-state index is 14.2. The summed E-state index contributed by atoms with van der Waals surface area (Å²) < 4.78 is 29.6. The summed E-state index contributed by atoms with van der Waals surface area (Å²) in [7, 11) is 0. The maximum atomic E-state index is 14.2. The predicted octanol–water partition coefficient (Wildman–Crippen LogP) is 5.80. The Morgan fingerprint density at radius 1 is 0.838 bits per heavy atom. The van der Waals surface area contributed by atoms with E-state index in [4.69, 9.17) is 15.7 Å². The molecular formula is C29H26F2N6. The van der Waals surface area contributed by atoms with Crippen LogP contribution in [0.4, 0.5) is 20.5 Å². The summed E-state index contributed by atoms with van der Waals surface area (Å²) in [6.45, 7) is 1.62. The highest BCUT2D eigenvalue weighted by molar-refractivity contribution is 5.99. The molecule has 186 valence electrons. The summed E-state index contributed by atoms with van der Waals surface area (Å²) in [4.78, 5) is 11.8. The number of benzene rings is 3. The number of fused-ring (bicyclic) bond motifs is 1. The Hall–Kier alpha value is -4.33. The van der Waals surface area contributed by atoms with Crippen molar-refractivity contribution in [2.75, 3.05) is 23.7 Å².